The predicted molar refractivity (Wildman–Crippen MR) is 150 cm³/mol. The van der Waals surface area contributed by atoms with Crippen molar-refractivity contribution in [2.75, 3.05) is 31.2 Å². The third-order valence-corrected chi connectivity index (χ3v) is 6.99. The van der Waals surface area contributed by atoms with Crippen molar-refractivity contribution < 1.29 is 23.1 Å². The van der Waals surface area contributed by atoms with E-state index in [2.05, 4.69) is 21.9 Å². The van der Waals surface area contributed by atoms with Gasteiger partial charge in [-0.05, 0) is 78.6 Å². The van der Waals surface area contributed by atoms with E-state index in [0.717, 1.165) is 30.0 Å². The minimum absolute atomic E-state index is 0.0241. The Hall–Kier alpha value is -4.34. The lowest BCUT2D eigenvalue weighted by atomic mass is 9.92. The number of anilines is 2. The van der Waals surface area contributed by atoms with Gasteiger partial charge >= 0.3 is 0 Å². The summed E-state index contributed by atoms with van der Waals surface area (Å²) in [6.07, 6.45) is 4.43. The number of nitrogens with one attached hydrogen (secondary N) is 1. The molecule has 3 aromatic rings. The largest absolute Gasteiger partial charge is 0.486 e. The molecule has 1 aliphatic rings. The second-order valence-electron chi connectivity index (χ2n) is 10.2. The average molecular weight is 550 g/mol. The highest BCUT2D eigenvalue weighted by Gasteiger charge is 2.29. The Bertz CT molecular complexity index is 1470. The highest BCUT2D eigenvalue weighted by molar-refractivity contribution is 6.05. The number of hydrogen-bond acceptors (Lipinski definition) is 6. The zero-order valence-corrected chi connectivity index (χ0v) is 23.1. The van der Waals surface area contributed by atoms with Crippen molar-refractivity contribution in [3.05, 3.63) is 77.1 Å². The Kier molecular flexibility index (Phi) is 8.46. The van der Waals surface area contributed by atoms with Gasteiger partial charge in [0.1, 0.15) is 30.3 Å². The minimum atomic E-state index is -0.685. The van der Waals surface area contributed by atoms with Crippen molar-refractivity contribution in [2.24, 2.45) is 0 Å². The summed E-state index contributed by atoms with van der Waals surface area (Å²) in [4.78, 5) is 34.6. The van der Waals surface area contributed by atoms with E-state index in [1.54, 1.807) is 20.0 Å². The van der Waals surface area contributed by atoms with Gasteiger partial charge in [-0.25, -0.2) is 18.7 Å². The number of likely N-dealkylation sites (N-methyl/N-ethyl adjacent to an activating group) is 1. The molecule has 1 aromatic heterocycles. The van der Waals surface area contributed by atoms with E-state index in [9.17, 15) is 14.0 Å². The van der Waals surface area contributed by atoms with Crippen molar-refractivity contribution in [3.8, 4) is 17.0 Å². The van der Waals surface area contributed by atoms with Crippen LogP contribution in [0.5, 0.6) is 5.75 Å². The maximum atomic E-state index is 15.1. The number of halogens is 2. The lowest BCUT2D eigenvalue weighted by Gasteiger charge is -2.19. The predicted octanol–water partition coefficient (Wildman–Crippen LogP) is 5.59. The standard InChI is InChI=1S/C30H33F2N5O3/c1-6-26(38)37(5)9-10-40-28-27(34-15-35-29(28)33)21-11-19(31)12-25(17(21)4)36-30(39)23-13-20(16(2)3)22(14-24(23)32)18-7-8-18/h6,11-16,18H,1,7-10H2,2-5H3,(H,36,39)(H2,33,34,35). The van der Waals surface area contributed by atoms with Gasteiger partial charge in [-0.15, -0.1) is 0 Å². The summed E-state index contributed by atoms with van der Waals surface area (Å²) in [5.41, 5.74) is 8.97. The van der Waals surface area contributed by atoms with E-state index in [1.165, 1.54) is 29.4 Å². The summed E-state index contributed by atoms with van der Waals surface area (Å²) < 4.78 is 35.8. The van der Waals surface area contributed by atoms with E-state index in [-0.39, 0.29) is 53.5 Å². The normalized spacial score (nSPS) is 12.8. The number of nitrogens with zero attached hydrogens (tertiary/aromatic N) is 3. The Balaban J connectivity index is 1.64. The number of carbonyl (C=O) groups excluding carboxylic acids is 2. The summed E-state index contributed by atoms with van der Waals surface area (Å²) >= 11 is 0. The van der Waals surface area contributed by atoms with Crippen LogP contribution in [0, 0.1) is 18.6 Å². The minimum Gasteiger partial charge on any atom is -0.486 e. The zero-order chi connectivity index (χ0) is 29.1. The van der Waals surface area contributed by atoms with Gasteiger partial charge in [-0.1, -0.05) is 20.4 Å². The van der Waals surface area contributed by atoms with E-state index >= 15 is 4.39 Å². The summed E-state index contributed by atoms with van der Waals surface area (Å²) in [5, 5.41) is 2.67. The first-order valence-corrected chi connectivity index (χ1v) is 13.1. The number of rotatable bonds is 10. The molecule has 0 radical (unpaired) electrons. The maximum absolute atomic E-state index is 15.1. The van der Waals surface area contributed by atoms with Gasteiger partial charge in [0.2, 0.25) is 5.91 Å². The number of carbonyl (C=O) groups is 2. The second-order valence-corrected chi connectivity index (χ2v) is 10.2. The number of aromatic nitrogens is 2. The molecule has 1 fully saturated rings. The van der Waals surface area contributed by atoms with Crippen molar-refractivity contribution >= 4 is 23.3 Å². The zero-order valence-electron chi connectivity index (χ0n) is 23.1. The third-order valence-electron chi connectivity index (χ3n) is 6.99. The molecule has 3 N–H and O–H groups in total. The smallest absolute Gasteiger partial charge is 0.258 e. The van der Waals surface area contributed by atoms with Gasteiger partial charge in [0.15, 0.2) is 11.6 Å². The molecule has 0 atom stereocenters. The van der Waals surface area contributed by atoms with Crippen LogP contribution >= 0.6 is 0 Å². The molecule has 0 unspecified atom stereocenters. The molecular weight excluding hydrogens is 516 g/mol. The molecule has 1 aliphatic carbocycles. The first kappa shape index (κ1) is 28.7. The highest BCUT2D eigenvalue weighted by atomic mass is 19.1. The molecule has 8 nitrogen and oxygen atoms in total. The Labute approximate surface area is 232 Å². The molecule has 2 aromatic carbocycles. The number of ether oxygens (including phenoxy) is 1. The summed E-state index contributed by atoms with van der Waals surface area (Å²) in [7, 11) is 1.59. The molecule has 0 spiro atoms. The van der Waals surface area contributed by atoms with Crippen molar-refractivity contribution in [2.45, 2.75) is 45.4 Å². The SMILES string of the molecule is C=CC(=O)N(C)CCOc1c(N)ncnc1-c1cc(F)cc(NC(=O)c2cc(C(C)C)c(C3CC3)cc2F)c1C. The van der Waals surface area contributed by atoms with Gasteiger partial charge in [-0.2, -0.15) is 0 Å². The lowest BCUT2D eigenvalue weighted by molar-refractivity contribution is -0.125. The van der Waals surface area contributed by atoms with Crippen LogP contribution < -0.4 is 15.8 Å². The van der Waals surface area contributed by atoms with Gasteiger partial charge in [-0.3, -0.25) is 9.59 Å². The topological polar surface area (TPSA) is 110 Å². The summed E-state index contributed by atoms with van der Waals surface area (Å²) in [6.45, 7) is 9.43. The number of nitrogens with two attached hydrogens (primary N) is 1. The fourth-order valence-corrected chi connectivity index (χ4v) is 4.54. The maximum Gasteiger partial charge on any atom is 0.258 e. The number of nitrogen functional groups attached to an aromatic ring is 1. The van der Waals surface area contributed by atoms with Gasteiger partial charge in [0.05, 0.1) is 12.1 Å². The van der Waals surface area contributed by atoms with Crippen LogP contribution in [-0.4, -0.2) is 46.9 Å². The molecule has 1 saturated carbocycles. The molecular formula is C30H33F2N5O3. The van der Waals surface area contributed by atoms with Crippen LogP contribution in [0.25, 0.3) is 11.3 Å². The summed E-state index contributed by atoms with van der Waals surface area (Å²) in [5.74, 6) is -1.65. The van der Waals surface area contributed by atoms with E-state index in [4.69, 9.17) is 10.5 Å². The van der Waals surface area contributed by atoms with Crippen molar-refractivity contribution in [1.29, 1.82) is 0 Å². The van der Waals surface area contributed by atoms with Crippen molar-refractivity contribution in [1.82, 2.24) is 14.9 Å². The van der Waals surface area contributed by atoms with E-state index in [0.29, 0.717) is 17.0 Å². The average Bonchev–Trinajstić information content (AvgIpc) is 3.76. The van der Waals surface area contributed by atoms with Crippen LogP contribution in [0.1, 0.15) is 65.6 Å². The van der Waals surface area contributed by atoms with Crippen LogP contribution in [0.15, 0.2) is 43.2 Å². The number of amides is 2. The first-order valence-electron chi connectivity index (χ1n) is 13.1. The molecule has 0 aliphatic heterocycles. The van der Waals surface area contributed by atoms with Crippen LogP contribution in [-0.2, 0) is 4.79 Å². The van der Waals surface area contributed by atoms with Crippen LogP contribution in [0.4, 0.5) is 20.3 Å². The van der Waals surface area contributed by atoms with Crippen LogP contribution in [0.2, 0.25) is 0 Å². The fraction of sp³-hybridized carbons (Fsp3) is 0.333. The number of hydrogen-bond donors (Lipinski definition) is 2. The monoisotopic (exact) mass is 549 g/mol. The van der Waals surface area contributed by atoms with Crippen molar-refractivity contribution in [3.63, 3.8) is 0 Å². The third kappa shape index (κ3) is 6.11. The Morgan fingerprint density at radius 2 is 1.95 bits per heavy atom. The lowest BCUT2D eigenvalue weighted by Crippen LogP contribution is -2.29. The quantitative estimate of drug-likeness (QED) is 0.319. The molecule has 2 amide bonds. The Morgan fingerprint density at radius 3 is 2.60 bits per heavy atom. The van der Waals surface area contributed by atoms with Gasteiger partial charge in [0.25, 0.3) is 5.91 Å². The molecule has 10 heteroatoms. The molecule has 4 rings (SSSR count). The summed E-state index contributed by atoms with van der Waals surface area (Å²) in [6, 6.07) is 5.47. The van der Waals surface area contributed by atoms with Crippen LogP contribution in [0.3, 0.4) is 0 Å². The fourth-order valence-electron chi connectivity index (χ4n) is 4.54. The molecule has 40 heavy (non-hydrogen) atoms. The number of benzene rings is 2. The first-order chi connectivity index (χ1) is 19.0. The van der Waals surface area contributed by atoms with Gasteiger partial charge < -0.3 is 20.7 Å². The Morgan fingerprint density at radius 1 is 1.23 bits per heavy atom. The highest BCUT2D eigenvalue weighted by Crippen LogP contribution is 2.44. The second kappa shape index (κ2) is 11.8. The molecule has 0 bridgehead atoms. The molecule has 1 heterocycles. The molecule has 210 valence electrons. The van der Waals surface area contributed by atoms with Gasteiger partial charge in [0, 0.05) is 18.3 Å². The van der Waals surface area contributed by atoms with E-state index < -0.39 is 17.5 Å². The molecule has 0 saturated heterocycles. The van der Waals surface area contributed by atoms with E-state index in [1.807, 2.05) is 13.8 Å².